The van der Waals surface area contributed by atoms with Gasteiger partial charge in [0.05, 0.1) is 7.11 Å². The van der Waals surface area contributed by atoms with Gasteiger partial charge in [-0.05, 0) is 54.3 Å². The molecule has 25 heavy (non-hydrogen) atoms. The molecule has 0 unspecified atom stereocenters. The smallest absolute Gasteiger partial charge is 0.161 e. The molecule has 0 heterocycles. The summed E-state index contributed by atoms with van der Waals surface area (Å²) in [4.78, 5) is 0. The van der Waals surface area contributed by atoms with Gasteiger partial charge >= 0.3 is 0 Å². The maximum absolute atomic E-state index is 12.9. The van der Waals surface area contributed by atoms with E-state index in [0.29, 0.717) is 24.0 Å². The van der Waals surface area contributed by atoms with Crippen molar-refractivity contribution in [2.45, 2.75) is 33.4 Å². The number of methoxy groups -OCH3 is 1. The second-order valence-electron chi connectivity index (χ2n) is 6.26. The lowest BCUT2D eigenvalue weighted by Gasteiger charge is -2.13. The van der Waals surface area contributed by atoms with E-state index in [-0.39, 0.29) is 18.2 Å². The molecular formula is C20H27ClFNO2. The van der Waals surface area contributed by atoms with Crippen molar-refractivity contribution >= 4 is 12.4 Å². The van der Waals surface area contributed by atoms with Crippen molar-refractivity contribution in [1.82, 2.24) is 5.32 Å². The minimum Gasteiger partial charge on any atom is -0.493 e. The normalized spacial score (nSPS) is 10.4. The standard InChI is InChI=1S/C20H26FNO2.ClH/c1-15(2)10-11-22-13-17-6-9-19(20(12-17)23-3)24-14-16-4-7-18(21)8-5-16;/h4-9,12,15,22H,10-11,13-14H2,1-3H3;1H. The third-order valence-corrected chi connectivity index (χ3v) is 3.76. The van der Waals surface area contributed by atoms with Gasteiger partial charge in [-0.2, -0.15) is 0 Å². The van der Waals surface area contributed by atoms with E-state index in [0.717, 1.165) is 30.6 Å². The van der Waals surface area contributed by atoms with Crippen LogP contribution in [0.4, 0.5) is 4.39 Å². The predicted molar refractivity (Wildman–Crippen MR) is 102 cm³/mol. The average Bonchev–Trinajstić information content (AvgIpc) is 2.58. The fraction of sp³-hybridized carbons (Fsp3) is 0.400. The first-order valence-corrected chi connectivity index (χ1v) is 8.33. The van der Waals surface area contributed by atoms with Crippen LogP contribution in [0.15, 0.2) is 42.5 Å². The van der Waals surface area contributed by atoms with Crippen LogP contribution >= 0.6 is 12.4 Å². The highest BCUT2D eigenvalue weighted by Crippen LogP contribution is 2.28. The maximum Gasteiger partial charge on any atom is 0.161 e. The molecule has 2 rings (SSSR count). The number of halogens is 2. The molecule has 0 amide bonds. The summed E-state index contributed by atoms with van der Waals surface area (Å²) in [6.07, 6.45) is 1.16. The van der Waals surface area contributed by atoms with Crippen molar-refractivity contribution < 1.29 is 13.9 Å². The van der Waals surface area contributed by atoms with Gasteiger partial charge in [-0.3, -0.25) is 0 Å². The molecule has 0 atom stereocenters. The first kappa shape index (κ1) is 21.3. The summed E-state index contributed by atoms with van der Waals surface area (Å²) in [7, 11) is 1.63. The van der Waals surface area contributed by atoms with Crippen LogP contribution in [0.1, 0.15) is 31.4 Å². The molecule has 5 heteroatoms. The van der Waals surface area contributed by atoms with Crippen molar-refractivity contribution in [3.8, 4) is 11.5 Å². The number of ether oxygens (including phenoxy) is 2. The summed E-state index contributed by atoms with van der Waals surface area (Å²) in [6.45, 7) is 6.63. The number of nitrogens with one attached hydrogen (secondary N) is 1. The zero-order chi connectivity index (χ0) is 17.4. The first-order chi connectivity index (χ1) is 11.6. The SMILES string of the molecule is COc1cc(CNCCC(C)C)ccc1OCc1ccc(F)cc1.Cl. The van der Waals surface area contributed by atoms with E-state index in [1.807, 2.05) is 18.2 Å². The molecule has 0 saturated carbocycles. The number of rotatable bonds is 9. The number of benzene rings is 2. The molecule has 0 radical (unpaired) electrons. The first-order valence-electron chi connectivity index (χ1n) is 8.33. The topological polar surface area (TPSA) is 30.5 Å². The summed E-state index contributed by atoms with van der Waals surface area (Å²) >= 11 is 0. The fourth-order valence-electron chi connectivity index (χ4n) is 2.31. The number of hydrogen-bond acceptors (Lipinski definition) is 3. The van der Waals surface area contributed by atoms with Gasteiger partial charge in [-0.1, -0.05) is 32.0 Å². The minimum atomic E-state index is -0.245. The Kier molecular flexibility index (Phi) is 9.32. The molecule has 138 valence electrons. The second kappa shape index (κ2) is 11.0. The molecule has 0 aliphatic heterocycles. The lowest BCUT2D eigenvalue weighted by Crippen LogP contribution is -2.16. The Labute approximate surface area is 156 Å². The Bertz CT molecular complexity index is 632. The highest BCUT2D eigenvalue weighted by atomic mass is 35.5. The van der Waals surface area contributed by atoms with Crippen molar-refractivity contribution in [3.63, 3.8) is 0 Å². The van der Waals surface area contributed by atoms with Crippen LogP contribution in [-0.2, 0) is 13.2 Å². The average molecular weight is 368 g/mol. The monoisotopic (exact) mass is 367 g/mol. The van der Waals surface area contributed by atoms with E-state index in [2.05, 4.69) is 19.2 Å². The number of hydrogen-bond donors (Lipinski definition) is 1. The van der Waals surface area contributed by atoms with E-state index < -0.39 is 0 Å². The van der Waals surface area contributed by atoms with Gasteiger partial charge in [0.15, 0.2) is 11.5 Å². The van der Waals surface area contributed by atoms with Crippen LogP contribution < -0.4 is 14.8 Å². The van der Waals surface area contributed by atoms with Gasteiger partial charge in [0.2, 0.25) is 0 Å². The van der Waals surface area contributed by atoms with Crippen LogP contribution in [0, 0.1) is 11.7 Å². The van der Waals surface area contributed by atoms with Crippen molar-refractivity contribution in [3.05, 3.63) is 59.4 Å². The van der Waals surface area contributed by atoms with Crippen LogP contribution in [0.25, 0.3) is 0 Å². The quantitative estimate of drug-likeness (QED) is 0.634. The Hall–Kier alpha value is -1.78. The van der Waals surface area contributed by atoms with Gasteiger partial charge in [-0.15, -0.1) is 12.4 Å². The van der Waals surface area contributed by atoms with Crippen molar-refractivity contribution in [2.75, 3.05) is 13.7 Å². The van der Waals surface area contributed by atoms with Gasteiger partial charge in [-0.25, -0.2) is 4.39 Å². The van der Waals surface area contributed by atoms with Gasteiger partial charge in [0.1, 0.15) is 12.4 Å². The molecular weight excluding hydrogens is 341 g/mol. The highest BCUT2D eigenvalue weighted by Gasteiger charge is 2.06. The third kappa shape index (κ3) is 7.32. The zero-order valence-electron chi connectivity index (χ0n) is 15.0. The van der Waals surface area contributed by atoms with Gasteiger partial charge in [0.25, 0.3) is 0 Å². The summed E-state index contributed by atoms with van der Waals surface area (Å²) in [5.74, 6) is 1.85. The Balaban J connectivity index is 0.00000312. The maximum atomic E-state index is 12.9. The molecule has 0 aromatic heterocycles. The van der Waals surface area contributed by atoms with E-state index in [9.17, 15) is 4.39 Å². The lowest BCUT2D eigenvalue weighted by atomic mass is 10.1. The van der Waals surface area contributed by atoms with Crippen LogP contribution in [-0.4, -0.2) is 13.7 Å². The molecule has 0 aliphatic carbocycles. The molecule has 0 spiro atoms. The fourth-order valence-corrected chi connectivity index (χ4v) is 2.31. The van der Waals surface area contributed by atoms with E-state index in [4.69, 9.17) is 9.47 Å². The molecule has 3 nitrogen and oxygen atoms in total. The Morgan fingerprint density at radius 2 is 1.68 bits per heavy atom. The molecule has 0 saturated heterocycles. The summed E-state index contributed by atoms with van der Waals surface area (Å²) in [6, 6.07) is 12.2. The lowest BCUT2D eigenvalue weighted by molar-refractivity contribution is 0.284. The minimum absolute atomic E-state index is 0. The molecule has 1 N–H and O–H groups in total. The molecule has 0 fully saturated rings. The predicted octanol–water partition coefficient (Wildman–Crippen LogP) is 4.97. The van der Waals surface area contributed by atoms with E-state index in [1.54, 1.807) is 19.2 Å². The van der Waals surface area contributed by atoms with Crippen LogP contribution in [0.3, 0.4) is 0 Å². The van der Waals surface area contributed by atoms with Crippen molar-refractivity contribution in [1.29, 1.82) is 0 Å². The summed E-state index contributed by atoms with van der Waals surface area (Å²) < 4.78 is 24.1. The highest BCUT2D eigenvalue weighted by molar-refractivity contribution is 5.85. The summed E-state index contributed by atoms with van der Waals surface area (Å²) in [5.41, 5.74) is 2.07. The molecule has 2 aromatic carbocycles. The van der Waals surface area contributed by atoms with E-state index in [1.165, 1.54) is 12.1 Å². The largest absolute Gasteiger partial charge is 0.493 e. The molecule has 0 aliphatic rings. The molecule has 0 bridgehead atoms. The third-order valence-electron chi connectivity index (χ3n) is 3.76. The van der Waals surface area contributed by atoms with Crippen LogP contribution in [0.5, 0.6) is 11.5 Å². The second-order valence-corrected chi connectivity index (χ2v) is 6.26. The van der Waals surface area contributed by atoms with Gasteiger partial charge in [0, 0.05) is 6.54 Å². The van der Waals surface area contributed by atoms with Gasteiger partial charge < -0.3 is 14.8 Å². The Morgan fingerprint density at radius 3 is 2.32 bits per heavy atom. The van der Waals surface area contributed by atoms with E-state index >= 15 is 0 Å². The zero-order valence-corrected chi connectivity index (χ0v) is 15.9. The van der Waals surface area contributed by atoms with Crippen LogP contribution in [0.2, 0.25) is 0 Å². The summed E-state index contributed by atoms with van der Waals surface area (Å²) in [5, 5.41) is 3.44. The van der Waals surface area contributed by atoms with Crippen molar-refractivity contribution in [2.24, 2.45) is 5.92 Å². The Morgan fingerprint density at radius 1 is 1.00 bits per heavy atom. The molecule has 2 aromatic rings.